The maximum absolute atomic E-state index is 11.8. The third-order valence-electron chi connectivity index (χ3n) is 3.95. The number of nitro groups is 1. The Balaban J connectivity index is 2.28. The van der Waals surface area contributed by atoms with Crippen LogP contribution in [-0.4, -0.2) is 22.6 Å². The first-order valence-corrected chi connectivity index (χ1v) is 8.11. The van der Waals surface area contributed by atoms with E-state index in [1.54, 1.807) is 24.3 Å². The molecule has 1 N–H and O–H groups in total. The molecule has 1 atom stereocenters. The van der Waals surface area contributed by atoms with Crippen LogP contribution in [0.1, 0.15) is 36.0 Å². The minimum atomic E-state index is -0.961. The smallest absolute Gasteiger partial charge is 0.311 e. The Morgan fingerprint density at radius 3 is 2.64 bits per heavy atom. The second-order valence-corrected chi connectivity index (χ2v) is 5.89. The van der Waals surface area contributed by atoms with E-state index in [0.29, 0.717) is 23.5 Å². The Bertz CT molecular complexity index is 772. The molecule has 2 aromatic rings. The minimum absolute atomic E-state index is 0.0401. The Hall–Kier alpha value is -2.89. The molecule has 0 heterocycles. The average molecular weight is 343 g/mol. The Morgan fingerprint density at radius 2 is 2.04 bits per heavy atom. The fourth-order valence-electron chi connectivity index (χ4n) is 2.71. The summed E-state index contributed by atoms with van der Waals surface area (Å²) in [5.74, 6) is -1.03. The molecule has 1 unspecified atom stereocenters. The third kappa shape index (κ3) is 4.79. The lowest BCUT2D eigenvalue weighted by molar-refractivity contribution is -0.384. The summed E-state index contributed by atoms with van der Waals surface area (Å²) < 4.78 is 5.57. The van der Waals surface area contributed by atoms with Gasteiger partial charge in [0.2, 0.25) is 0 Å². The van der Waals surface area contributed by atoms with Crippen molar-refractivity contribution in [3.8, 4) is 5.75 Å². The normalized spacial score (nSPS) is 11.8. The molecule has 132 valence electrons. The first-order valence-electron chi connectivity index (χ1n) is 8.11. The Kier molecular flexibility index (Phi) is 6.11. The molecule has 0 aliphatic heterocycles. The summed E-state index contributed by atoms with van der Waals surface area (Å²) in [5, 5.41) is 20.5. The van der Waals surface area contributed by atoms with Crippen LogP contribution in [0, 0.1) is 17.0 Å². The first-order chi connectivity index (χ1) is 11.9. The third-order valence-corrected chi connectivity index (χ3v) is 3.95. The van der Waals surface area contributed by atoms with E-state index in [1.165, 1.54) is 12.1 Å². The lowest BCUT2D eigenvalue weighted by Crippen LogP contribution is -2.16. The molecule has 6 nitrogen and oxygen atoms in total. The highest BCUT2D eigenvalue weighted by Crippen LogP contribution is 2.28. The number of carbonyl (C=O) groups is 1. The van der Waals surface area contributed by atoms with Gasteiger partial charge in [-0.15, -0.1) is 0 Å². The van der Waals surface area contributed by atoms with Crippen molar-refractivity contribution in [2.24, 2.45) is 0 Å². The number of non-ortho nitro benzene ring substituents is 1. The first kappa shape index (κ1) is 18.4. The SMILES string of the molecule is CCCOc1ccc(C(Cc2cccc([N+](=O)[O-])c2)C(=O)O)c(C)c1. The summed E-state index contributed by atoms with van der Waals surface area (Å²) in [4.78, 5) is 22.2. The second-order valence-electron chi connectivity index (χ2n) is 5.89. The van der Waals surface area contributed by atoms with Crippen LogP contribution in [0.3, 0.4) is 0 Å². The number of nitro benzene ring substituents is 1. The van der Waals surface area contributed by atoms with E-state index >= 15 is 0 Å². The van der Waals surface area contributed by atoms with E-state index in [4.69, 9.17) is 4.74 Å². The van der Waals surface area contributed by atoms with Gasteiger partial charge < -0.3 is 9.84 Å². The quantitative estimate of drug-likeness (QED) is 0.575. The van der Waals surface area contributed by atoms with Crippen LogP contribution in [0.5, 0.6) is 5.75 Å². The molecule has 0 fully saturated rings. The zero-order valence-electron chi connectivity index (χ0n) is 14.3. The number of aryl methyl sites for hydroxylation is 1. The van der Waals surface area contributed by atoms with Crippen molar-refractivity contribution in [3.63, 3.8) is 0 Å². The predicted molar refractivity (Wildman–Crippen MR) is 94.1 cm³/mol. The average Bonchev–Trinajstić information content (AvgIpc) is 2.58. The number of benzene rings is 2. The van der Waals surface area contributed by atoms with Crippen LogP contribution >= 0.6 is 0 Å². The summed E-state index contributed by atoms with van der Waals surface area (Å²) in [6.07, 6.45) is 1.08. The number of rotatable bonds is 8. The maximum Gasteiger partial charge on any atom is 0.311 e. The minimum Gasteiger partial charge on any atom is -0.494 e. The van der Waals surface area contributed by atoms with Gasteiger partial charge >= 0.3 is 5.97 Å². The number of nitrogens with zero attached hydrogens (tertiary/aromatic N) is 1. The number of carboxylic acids is 1. The van der Waals surface area contributed by atoms with Crippen LogP contribution in [0.4, 0.5) is 5.69 Å². The van der Waals surface area contributed by atoms with Gasteiger partial charge in [0.25, 0.3) is 5.69 Å². The van der Waals surface area contributed by atoms with Crippen molar-refractivity contribution in [3.05, 3.63) is 69.3 Å². The van der Waals surface area contributed by atoms with Crippen LogP contribution < -0.4 is 4.74 Å². The molecule has 0 bridgehead atoms. The number of aliphatic carboxylic acids is 1. The molecule has 0 spiro atoms. The molecule has 0 aliphatic carbocycles. The standard InChI is InChI=1S/C19H21NO5/c1-3-9-25-16-7-8-17(13(2)10-16)18(19(21)22)12-14-5-4-6-15(11-14)20(23)24/h4-8,10-11,18H,3,9,12H2,1-2H3,(H,21,22). The van der Waals surface area contributed by atoms with Crippen LogP contribution in [-0.2, 0) is 11.2 Å². The summed E-state index contributed by atoms with van der Waals surface area (Å²) in [6, 6.07) is 11.4. The lowest BCUT2D eigenvalue weighted by Gasteiger charge is -2.16. The van der Waals surface area contributed by atoms with E-state index < -0.39 is 16.8 Å². The summed E-state index contributed by atoms with van der Waals surface area (Å²) in [7, 11) is 0. The van der Waals surface area contributed by atoms with Crippen molar-refractivity contribution in [2.45, 2.75) is 32.6 Å². The molecule has 2 aromatic carbocycles. The van der Waals surface area contributed by atoms with Crippen molar-refractivity contribution >= 4 is 11.7 Å². The van der Waals surface area contributed by atoms with Gasteiger partial charge in [0, 0.05) is 12.1 Å². The van der Waals surface area contributed by atoms with Gasteiger partial charge in [-0.2, -0.15) is 0 Å². The van der Waals surface area contributed by atoms with E-state index in [1.807, 2.05) is 19.9 Å². The fourth-order valence-corrected chi connectivity index (χ4v) is 2.71. The van der Waals surface area contributed by atoms with Gasteiger partial charge in [0.15, 0.2) is 0 Å². The molecule has 0 radical (unpaired) electrons. The van der Waals surface area contributed by atoms with Gasteiger partial charge in [0.05, 0.1) is 17.4 Å². The van der Waals surface area contributed by atoms with Crippen molar-refractivity contribution in [1.29, 1.82) is 0 Å². The van der Waals surface area contributed by atoms with E-state index in [2.05, 4.69) is 0 Å². The summed E-state index contributed by atoms with van der Waals surface area (Å²) in [5.41, 5.74) is 2.09. The largest absolute Gasteiger partial charge is 0.494 e. The van der Waals surface area contributed by atoms with E-state index in [-0.39, 0.29) is 12.1 Å². The molecule has 0 saturated heterocycles. The van der Waals surface area contributed by atoms with Gasteiger partial charge in [0.1, 0.15) is 5.75 Å². The second kappa shape index (κ2) is 8.28. The van der Waals surface area contributed by atoms with E-state index in [0.717, 1.165) is 12.0 Å². The monoisotopic (exact) mass is 343 g/mol. The molecule has 6 heteroatoms. The Morgan fingerprint density at radius 1 is 1.28 bits per heavy atom. The fraction of sp³-hybridized carbons (Fsp3) is 0.316. The number of carboxylic acid groups (broad SMARTS) is 1. The number of hydrogen-bond donors (Lipinski definition) is 1. The van der Waals surface area contributed by atoms with Crippen LogP contribution in [0.2, 0.25) is 0 Å². The highest BCUT2D eigenvalue weighted by molar-refractivity contribution is 5.77. The molecule has 0 saturated carbocycles. The number of hydrogen-bond acceptors (Lipinski definition) is 4. The number of ether oxygens (including phenoxy) is 1. The van der Waals surface area contributed by atoms with E-state index in [9.17, 15) is 20.0 Å². The molecular weight excluding hydrogens is 322 g/mol. The Labute approximate surface area is 146 Å². The van der Waals surface area contributed by atoms with Gasteiger partial charge in [-0.25, -0.2) is 0 Å². The highest BCUT2D eigenvalue weighted by Gasteiger charge is 2.23. The molecule has 2 rings (SSSR count). The van der Waals surface area contributed by atoms with Crippen LogP contribution in [0.25, 0.3) is 0 Å². The summed E-state index contributed by atoms with van der Waals surface area (Å²) >= 11 is 0. The molecule has 0 aliphatic rings. The maximum atomic E-state index is 11.8. The van der Waals surface area contributed by atoms with Gasteiger partial charge in [-0.3, -0.25) is 14.9 Å². The molecule has 0 aromatic heterocycles. The summed E-state index contributed by atoms with van der Waals surface area (Å²) in [6.45, 7) is 4.47. The highest BCUT2D eigenvalue weighted by atomic mass is 16.6. The molecule has 25 heavy (non-hydrogen) atoms. The predicted octanol–water partition coefficient (Wildman–Crippen LogP) is 4.10. The topological polar surface area (TPSA) is 89.7 Å². The van der Waals surface area contributed by atoms with Crippen LogP contribution in [0.15, 0.2) is 42.5 Å². The van der Waals surface area contributed by atoms with Crippen molar-refractivity contribution < 1.29 is 19.6 Å². The van der Waals surface area contributed by atoms with Crippen molar-refractivity contribution in [2.75, 3.05) is 6.61 Å². The molecular formula is C19H21NO5. The van der Waals surface area contributed by atoms with Gasteiger partial charge in [-0.1, -0.05) is 25.1 Å². The van der Waals surface area contributed by atoms with Gasteiger partial charge in [-0.05, 0) is 48.6 Å². The van der Waals surface area contributed by atoms with Crippen molar-refractivity contribution in [1.82, 2.24) is 0 Å². The zero-order valence-corrected chi connectivity index (χ0v) is 14.3. The lowest BCUT2D eigenvalue weighted by atomic mass is 9.89. The zero-order chi connectivity index (χ0) is 18.4. The molecule has 0 amide bonds.